The molecule has 1 aliphatic heterocycles. The minimum atomic E-state index is -0.368. The zero-order valence-electron chi connectivity index (χ0n) is 13.1. The Kier molecular flexibility index (Phi) is 5.32. The predicted octanol–water partition coefficient (Wildman–Crippen LogP) is 3.81. The Morgan fingerprint density at radius 3 is 2.71 bits per heavy atom. The highest BCUT2D eigenvalue weighted by Gasteiger charge is 2.17. The summed E-state index contributed by atoms with van der Waals surface area (Å²) < 4.78 is 6.43. The Bertz CT molecular complexity index is 733. The number of para-hydroxylation sites is 2. The third-order valence-electron chi connectivity index (χ3n) is 3.97. The highest BCUT2D eigenvalue weighted by molar-refractivity contribution is 9.10. The van der Waals surface area contributed by atoms with E-state index in [1.165, 1.54) is 6.07 Å². The molecule has 0 radical (unpaired) electrons. The van der Waals surface area contributed by atoms with Crippen LogP contribution in [0.2, 0.25) is 0 Å². The molecule has 0 aromatic heterocycles. The average molecular weight is 392 g/mol. The number of rotatable bonds is 5. The Balaban J connectivity index is 1.81. The number of halogens is 1. The molecule has 6 nitrogen and oxygen atoms in total. The molecule has 0 saturated carbocycles. The Morgan fingerprint density at radius 1 is 1.21 bits per heavy atom. The molecule has 3 rings (SSSR count). The quantitative estimate of drug-likeness (QED) is 0.619. The van der Waals surface area contributed by atoms with Gasteiger partial charge in [-0.25, -0.2) is 0 Å². The van der Waals surface area contributed by atoms with Crippen molar-refractivity contribution in [3.05, 3.63) is 62.6 Å². The van der Waals surface area contributed by atoms with Gasteiger partial charge in [-0.2, -0.15) is 0 Å². The van der Waals surface area contributed by atoms with Crippen molar-refractivity contribution in [1.82, 2.24) is 0 Å². The summed E-state index contributed by atoms with van der Waals surface area (Å²) in [6.07, 6.45) is 0. The van der Waals surface area contributed by atoms with Gasteiger partial charge in [0.15, 0.2) is 0 Å². The van der Waals surface area contributed by atoms with E-state index in [9.17, 15) is 10.1 Å². The molecule has 1 saturated heterocycles. The maximum Gasteiger partial charge on any atom is 0.292 e. The van der Waals surface area contributed by atoms with Crippen LogP contribution in [0.3, 0.4) is 0 Å². The largest absolute Gasteiger partial charge is 0.378 e. The van der Waals surface area contributed by atoms with Gasteiger partial charge < -0.3 is 15.0 Å². The van der Waals surface area contributed by atoms with Crippen LogP contribution in [0.4, 0.5) is 17.1 Å². The number of hydrogen-bond donors (Lipinski definition) is 1. The molecule has 0 atom stereocenters. The van der Waals surface area contributed by atoms with Gasteiger partial charge in [-0.3, -0.25) is 10.1 Å². The number of nitro benzene ring substituents is 1. The Hall–Kier alpha value is -2.12. The first-order valence-electron chi connectivity index (χ1n) is 7.73. The van der Waals surface area contributed by atoms with Crippen LogP contribution in [0, 0.1) is 10.1 Å². The summed E-state index contributed by atoms with van der Waals surface area (Å²) in [5.41, 5.74) is 2.83. The number of benzene rings is 2. The number of nitrogens with zero attached hydrogens (tertiary/aromatic N) is 2. The number of morpholine rings is 1. The molecule has 0 bridgehead atoms. The SMILES string of the molecule is O=[N+]([O-])c1ccccc1NCc1ccc(Br)cc1N1CCOCC1. The standard InChI is InChI=1S/C17H18BrN3O3/c18-14-6-5-13(17(11-14)20-7-9-24-10-8-20)12-19-15-3-1-2-4-16(15)21(22)23/h1-6,11,19H,7-10,12H2. The molecule has 1 aliphatic rings. The first-order chi connectivity index (χ1) is 11.6. The van der Waals surface area contributed by atoms with E-state index in [-0.39, 0.29) is 10.6 Å². The number of anilines is 2. The fourth-order valence-electron chi connectivity index (χ4n) is 2.76. The van der Waals surface area contributed by atoms with Crippen LogP contribution < -0.4 is 10.2 Å². The molecule has 0 amide bonds. The first-order valence-corrected chi connectivity index (χ1v) is 8.53. The highest BCUT2D eigenvalue weighted by Crippen LogP contribution is 2.29. The molecule has 0 spiro atoms. The van der Waals surface area contributed by atoms with Crippen molar-refractivity contribution in [3.63, 3.8) is 0 Å². The lowest BCUT2D eigenvalue weighted by Gasteiger charge is -2.31. The third kappa shape index (κ3) is 3.85. The highest BCUT2D eigenvalue weighted by atomic mass is 79.9. The summed E-state index contributed by atoms with van der Waals surface area (Å²) in [4.78, 5) is 13.0. The van der Waals surface area contributed by atoms with Crippen LogP contribution in [-0.2, 0) is 11.3 Å². The lowest BCUT2D eigenvalue weighted by Crippen LogP contribution is -2.36. The minimum absolute atomic E-state index is 0.0857. The van der Waals surface area contributed by atoms with E-state index in [0.717, 1.165) is 28.8 Å². The van der Waals surface area contributed by atoms with Gasteiger partial charge in [0.25, 0.3) is 5.69 Å². The van der Waals surface area contributed by atoms with Crippen LogP contribution in [0.15, 0.2) is 46.9 Å². The lowest BCUT2D eigenvalue weighted by atomic mass is 10.1. The van der Waals surface area contributed by atoms with E-state index >= 15 is 0 Å². The summed E-state index contributed by atoms with van der Waals surface area (Å²) in [7, 11) is 0. The Labute approximate surface area is 148 Å². The zero-order valence-corrected chi connectivity index (χ0v) is 14.7. The van der Waals surface area contributed by atoms with Crippen LogP contribution in [-0.4, -0.2) is 31.2 Å². The molecule has 24 heavy (non-hydrogen) atoms. The van der Waals surface area contributed by atoms with Crippen LogP contribution >= 0.6 is 15.9 Å². The molecule has 126 valence electrons. The molecule has 7 heteroatoms. The van der Waals surface area contributed by atoms with Gasteiger partial charge >= 0.3 is 0 Å². The number of nitro groups is 1. The fraction of sp³-hybridized carbons (Fsp3) is 0.294. The van der Waals surface area contributed by atoms with Gasteiger partial charge in [0.05, 0.1) is 18.1 Å². The summed E-state index contributed by atoms with van der Waals surface area (Å²) in [5, 5.41) is 14.3. The molecule has 1 fully saturated rings. The lowest BCUT2D eigenvalue weighted by molar-refractivity contribution is -0.384. The van der Waals surface area contributed by atoms with Crippen molar-refractivity contribution >= 4 is 33.0 Å². The molecular weight excluding hydrogens is 374 g/mol. The maximum absolute atomic E-state index is 11.1. The molecular formula is C17H18BrN3O3. The molecule has 2 aromatic carbocycles. The number of hydrogen-bond acceptors (Lipinski definition) is 5. The smallest absolute Gasteiger partial charge is 0.292 e. The fourth-order valence-corrected chi connectivity index (χ4v) is 3.11. The Morgan fingerprint density at radius 2 is 1.96 bits per heavy atom. The average Bonchev–Trinajstić information content (AvgIpc) is 2.61. The van der Waals surface area contributed by atoms with Crippen molar-refractivity contribution in [2.45, 2.75) is 6.54 Å². The first kappa shape index (κ1) is 16.7. The van der Waals surface area contributed by atoms with Gasteiger partial charge in [0.1, 0.15) is 5.69 Å². The zero-order chi connectivity index (χ0) is 16.9. The van der Waals surface area contributed by atoms with Crippen LogP contribution in [0.1, 0.15) is 5.56 Å². The molecule has 2 aromatic rings. The van der Waals surface area contributed by atoms with Crippen LogP contribution in [0.25, 0.3) is 0 Å². The van der Waals surface area contributed by atoms with Crippen LogP contribution in [0.5, 0.6) is 0 Å². The summed E-state index contributed by atoms with van der Waals surface area (Å²) in [5.74, 6) is 0. The van der Waals surface area contributed by atoms with E-state index < -0.39 is 0 Å². The van der Waals surface area contributed by atoms with E-state index in [1.54, 1.807) is 18.2 Å². The molecule has 1 heterocycles. The summed E-state index contributed by atoms with van der Waals surface area (Å²) in [6.45, 7) is 3.63. The summed E-state index contributed by atoms with van der Waals surface area (Å²) >= 11 is 3.52. The van der Waals surface area contributed by atoms with E-state index in [1.807, 2.05) is 12.1 Å². The number of nitrogens with one attached hydrogen (secondary N) is 1. The predicted molar refractivity (Wildman–Crippen MR) is 97.6 cm³/mol. The van der Waals surface area contributed by atoms with Gasteiger partial charge in [-0.05, 0) is 23.8 Å². The van der Waals surface area contributed by atoms with E-state index in [0.29, 0.717) is 25.4 Å². The summed E-state index contributed by atoms with van der Waals surface area (Å²) in [6, 6.07) is 12.8. The van der Waals surface area contributed by atoms with E-state index in [2.05, 4.69) is 32.2 Å². The van der Waals surface area contributed by atoms with Gasteiger partial charge in [-0.15, -0.1) is 0 Å². The minimum Gasteiger partial charge on any atom is -0.378 e. The monoisotopic (exact) mass is 391 g/mol. The van der Waals surface area contributed by atoms with Gasteiger partial charge in [-0.1, -0.05) is 34.1 Å². The second kappa shape index (κ2) is 7.63. The molecule has 0 unspecified atom stereocenters. The second-order valence-electron chi connectivity index (χ2n) is 5.50. The number of ether oxygens (including phenoxy) is 1. The van der Waals surface area contributed by atoms with Crippen molar-refractivity contribution in [3.8, 4) is 0 Å². The van der Waals surface area contributed by atoms with Crippen molar-refractivity contribution in [2.75, 3.05) is 36.5 Å². The normalized spacial score (nSPS) is 14.5. The topological polar surface area (TPSA) is 67.6 Å². The van der Waals surface area contributed by atoms with Crippen molar-refractivity contribution in [2.24, 2.45) is 0 Å². The third-order valence-corrected chi connectivity index (χ3v) is 4.46. The second-order valence-corrected chi connectivity index (χ2v) is 6.42. The van der Waals surface area contributed by atoms with Gasteiger partial charge in [0, 0.05) is 35.9 Å². The van der Waals surface area contributed by atoms with Crippen molar-refractivity contribution in [1.29, 1.82) is 0 Å². The molecule has 0 aliphatic carbocycles. The molecule has 1 N–H and O–H groups in total. The maximum atomic E-state index is 11.1. The van der Waals surface area contributed by atoms with E-state index in [4.69, 9.17) is 4.74 Å². The van der Waals surface area contributed by atoms with Crippen molar-refractivity contribution < 1.29 is 9.66 Å². The van der Waals surface area contributed by atoms with Gasteiger partial charge in [0.2, 0.25) is 0 Å².